The van der Waals surface area contributed by atoms with E-state index in [1.165, 1.54) is 23.1 Å². The average molecular weight is 562 g/mol. The molecule has 0 radical (unpaired) electrons. The first-order valence-electron chi connectivity index (χ1n) is 12.4. The summed E-state index contributed by atoms with van der Waals surface area (Å²) >= 11 is 5.99. The van der Waals surface area contributed by atoms with Crippen molar-refractivity contribution in [3.63, 3.8) is 0 Å². The number of ether oxygens (including phenoxy) is 1. The molecule has 2 aromatic heterocycles. The van der Waals surface area contributed by atoms with Gasteiger partial charge in [-0.15, -0.1) is 0 Å². The molecule has 0 spiro atoms. The van der Waals surface area contributed by atoms with E-state index in [0.717, 1.165) is 25.1 Å². The van der Waals surface area contributed by atoms with Crippen LogP contribution in [0.15, 0.2) is 48.9 Å². The average Bonchev–Trinajstić information content (AvgIpc) is 3.38. The van der Waals surface area contributed by atoms with Crippen LogP contribution in [0.5, 0.6) is 5.75 Å². The Hall–Kier alpha value is -3.64. The number of benzene rings is 1. The van der Waals surface area contributed by atoms with Crippen molar-refractivity contribution in [2.75, 3.05) is 0 Å². The summed E-state index contributed by atoms with van der Waals surface area (Å²) in [6.07, 6.45) is -0.196. The summed E-state index contributed by atoms with van der Waals surface area (Å²) in [6, 6.07) is 6.83. The van der Waals surface area contributed by atoms with Crippen LogP contribution in [0.2, 0.25) is 5.02 Å². The van der Waals surface area contributed by atoms with Crippen LogP contribution in [0.1, 0.15) is 53.4 Å². The second kappa shape index (κ2) is 9.23. The zero-order valence-corrected chi connectivity index (χ0v) is 21.0. The van der Waals surface area contributed by atoms with Gasteiger partial charge in [-0.1, -0.05) is 11.6 Å². The number of carbonyl (C=O) groups is 2. The third-order valence-corrected chi connectivity index (χ3v) is 8.08. The van der Waals surface area contributed by atoms with Gasteiger partial charge in [0, 0.05) is 40.7 Å². The molecule has 9 nitrogen and oxygen atoms in total. The second-order valence-electron chi connectivity index (χ2n) is 10.2. The summed E-state index contributed by atoms with van der Waals surface area (Å²) in [6.45, 7) is 0. The summed E-state index contributed by atoms with van der Waals surface area (Å²) in [4.78, 5) is 29.3. The number of aliphatic hydroxyl groups excluding tert-OH is 1. The molecular weight excluding hydrogens is 539 g/mol. The van der Waals surface area contributed by atoms with E-state index < -0.39 is 29.6 Å². The zero-order valence-electron chi connectivity index (χ0n) is 20.3. The number of carbonyl (C=O) groups excluding carboxylic acids is 2. The summed E-state index contributed by atoms with van der Waals surface area (Å²) in [5.74, 6) is -0.202. The largest absolute Gasteiger partial charge is 0.480 e. The minimum Gasteiger partial charge on any atom is -0.480 e. The molecule has 13 heteroatoms. The van der Waals surface area contributed by atoms with E-state index in [1.54, 1.807) is 18.2 Å². The number of nitrogens with zero attached hydrogens (tertiary/aromatic N) is 3. The maximum absolute atomic E-state index is 12.9. The van der Waals surface area contributed by atoms with Crippen LogP contribution < -0.4 is 15.4 Å². The predicted octanol–water partition coefficient (Wildman–Crippen LogP) is 3.59. The van der Waals surface area contributed by atoms with Gasteiger partial charge in [0.25, 0.3) is 11.8 Å². The van der Waals surface area contributed by atoms with E-state index in [-0.39, 0.29) is 41.4 Å². The minimum absolute atomic E-state index is 0.0548. The fourth-order valence-electron chi connectivity index (χ4n) is 5.65. The van der Waals surface area contributed by atoms with Gasteiger partial charge < -0.3 is 20.5 Å². The predicted molar refractivity (Wildman–Crippen MR) is 131 cm³/mol. The Morgan fingerprint density at radius 2 is 2.03 bits per heavy atom. The van der Waals surface area contributed by atoms with Gasteiger partial charge in [-0.25, -0.2) is 9.67 Å². The smallest absolute Gasteiger partial charge is 0.433 e. The summed E-state index contributed by atoms with van der Waals surface area (Å²) in [7, 11) is 0. The Kier molecular flexibility index (Phi) is 6.07. The van der Waals surface area contributed by atoms with Crippen LogP contribution in [0.25, 0.3) is 5.69 Å². The second-order valence-corrected chi connectivity index (χ2v) is 10.6. The van der Waals surface area contributed by atoms with Crippen molar-refractivity contribution in [3.05, 3.63) is 70.8 Å². The molecule has 2 aliphatic carbocycles. The van der Waals surface area contributed by atoms with Crippen molar-refractivity contribution in [2.45, 2.75) is 55.6 Å². The lowest BCUT2D eigenvalue weighted by Crippen LogP contribution is -2.76. The van der Waals surface area contributed by atoms with Crippen molar-refractivity contribution in [1.29, 1.82) is 0 Å². The summed E-state index contributed by atoms with van der Waals surface area (Å²) in [5, 5.41) is 21.1. The molecule has 3 aliphatic rings. The molecular formula is C26H23ClF3N5O4. The molecule has 39 heavy (non-hydrogen) atoms. The number of alkyl halides is 3. The van der Waals surface area contributed by atoms with Crippen molar-refractivity contribution in [3.8, 4) is 11.4 Å². The normalized spacial score (nSPS) is 27.2. The number of amides is 2. The molecule has 1 aromatic carbocycles. The third-order valence-electron chi connectivity index (χ3n) is 7.85. The van der Waals surface area contributed by atoms with Crippen LogP contribution in [-0.4, -0.2) is 49.4 Å². The number of nitrogens with one attached hydrogen (secondary N) is 2. The lowest BCUT2D eigenvalue weighted by molar-refractivity contribution is -0.141. The lowest BCUT2D eigenvalue weighted by Gasteiger charge is -2.63. The molecule has 3 unspecified atom stereocenters. The van der Waals surface area contributed by atoms with Crippen molar-refractivity contribution >= 4 is 23.4 Å². The molecule has 3 aromatic rings. The van der Waals surface area contributed by atoms with Crippen LogP contribution in [-0.2, 0) is 11.0 Å². The highest BCUT2D eigenvalue weighted by atomic mass is 35.5. The van der Waals surface area contributed by atoms with Crippen LogP contribution in [0, 0.1) is 5.92 Å². The highest BCUT2D eigenvalue weighted by Gasteiger charge is 2.61. The first-order valence-corrected chi connectivity index (χ1v) is 12.8. The summed E-state index contributed by atoms with van der Waals surface area (Å²) in [5.41, 5.74) is -0.365. The maximum atomic E-state index is 12.9. The Morgan fingerprint density at radius 1 is 1.21 bits per heavy atom. The van der Waals surface area contributed by atoms with E-state index in [0.29, 0.717) is 22.8 Å². The molecule has 2 saturated carbocycles. The number of fused-ring (bicyclic) bond motifs is 2. The van der Waals surface area contributed by atoms with E-state index in [4.69, 9.17) is 16.3 Å². The van der Waals surface area contributed by atoms with Crippen LogP contribution >= 0.6 is 11.6 Å². The van der Waals surface area contributed by atoms with Gasteiger partial charge in [-0.2, -0.15) is 18.3 Å². The van der Waals surface area contributed by atoms with Gasteiger partial charge in [0.1, 0.15) is 11.4 Å². The van der Waals surface area contributed by atoms with Gasteiger partial charge in [0.05, 0.1) is 29.7 Å². The molecule has 2 fully saturated rings. The molecule has 3 N–H and O–H groups in total. The monoisotopic (exact) mass is 561 g/mol. The lowest BCUT2D eigenvalue weighted by atomic mass is 9.50. The van der Waals surface area contributed by atoms with Crippen molar-refractivity contribution < 1.29 is 32.6 Å². The third kappa shape index (κ3) is 4.61. The number of pyridine rings is 1. The van der Waals surface area contributed by atoms with E-state index in [9.17, 15) is 27.9 Å². The molecule has 6 rings (SSSR count). The summed E-state index contributed by atoms with van der Waals surface area (Å²) < 4.78 is 45.4. The van der Waals surface area contributed by atoms with Crippen molar-refractivity contribution in [1.82, 2.24) is 25.4 Å². The van der Waals surface area contributed by atoms with Gasteiger partial charge in [0.15, 0.2) is 6.10 Å². The van der Waals surface area contributed by atoms with Gasteiger partial charge >= 0.3 is 6.18 Å². The van der Waals surface area contributed by atoms with Gasteiger partial charge in [-0.3, -0.25) is 9.59 Å². The first kappa shape index (κ1) is 25.6. The number of hydrogen-bond acceptors (Lipinski definition) is 6. The SMILES string of the molecule is O=C(NC12CCC1C(NC(=O)[C@H]1C[C@@H](O)c3cc(Cl)ccc3O1)C2)c1cnn(-c2ccc(C(F)(F)F)nc2)c1. The van der Waals surface area contributed by atoms with E-state index in [1.807, 2.05) is 0 Å². The molecule has 1 aliphatic heterocycles. The number of aromatic nitrogens is 3. The standard InChI is InChI=1S/C26H23ClF3N5O4/c27-14-1-3-20-16(7-14)19(36)8-21(39-20)24(38)33-18-9-25(6-5-17(18)25)34-23(37)13-10-32-35(12-13)15-2-4-22(31-11-15)26(28,29)30/h1-4,7,10-12,17-19,21,36H,5-6,8-9H2,(H,33,38)(H,34,37)/t17?,18?,19-,21-,25?/m1/s1. The molecule has 3 heterocycles. The molecule has 5 atom stereocenters. The fraction of sp³-hybridized carbons (Fsp3) is 0.385. The molecule has 204 valence electrons. The molecule has 0 saturated heterocycles. The quantitative estimate of drug-likeness (QED) is 0.438. The molecule has 0 bridgehead atoms. The Morgan fingerprint density at radius 3 is 2.69 bits per heavy atom. The Balaban J connectivity index is 1.05. The fourth-order valence-corrected chi connectivity index (χ4v) is 5.83. The highest BCUT2D eigenvalue weighted by molar-refractivity contribution is 6.30. The number of aliphatic hydroxyl groups is 1. The van der Waals surface area contributed by atoms with E-state index >= 15 is 0 Å². The first-order chi connectivity index (χ1) is 18.5. The topological polar surface area (TPSA) is 118 Å². The zero-order chi connectivity index (χ0) is 27.5. The van der Waals surface area contributed by atoms with Crippen molar-refractivity contribution in [2.24, 2.45) is 5.92 Å². The van der Waals surface area contributed by atoms with Gasteiger partial charge in [0.2, 0.25) is 0 Å². The van der Waals surface area contributed by atoms with Crippen LogP contribution in [0.3, 0.4) is 0 Å². The Labute approximate surface area is 225 Å². The maximum Gasteiger partial charge on any atom is 0.433 e. The number of rotatable bonds is 5. The Bertz CT molecular complexity index is 1450. The van der Waals surface area contributed by atoms with Gasteiger partial charge in [-0.05, 0) is 49.6 Å². The number of halogens is 4. The minimum atomic E-state index is -4.54. The van der Waals surface area contributed by atoms with E-state index in [2.05, 4.69) is 20.7 Å². The molecule has 2 amide bonds. The number of hydrogen-bond donors (Lipinski definition) is 3. The highest BCUT2D eigenvalue weighted by Crippen LogP contribution is 2.54. The van der Waals surface area contributed by atoms with Crippen LogP contribution in [0.4, 0.5) is 13.2 Å².